The number of carbonyl (C=O) groups is 1. The van der Waals surface area contributed by atoms with Gasteiger partial charge in [0, 0.05) is 29.0 Å². The maximum Gasteiger partial charge on any atom is 0.433 e. The second-order valence-corrected chi connectivity index (χ2v) is 11.1. The Bertz CT molecular complexity index is 1390. The van der Waals surface area contributed by atoms with Gasteiger partial charge in [0.2, 0.25) is 5.91 Å². The zero-order valence-corrected chi connectivity index (χ0v) is 21.3. The van der Waals surface area contributed by atoms with Gasteiger partial charge in [0.05, 0.1) is 11.6 Å². The monoisotopic (exact) mass is 539 g/mol. The van der Waals surface area contributed by atoms with Gasteiger partial charge in [-0.25, -0.2) is 13.4 Å². The van der Waals surface area contributed by atoms with Gasteiger partial charge >= 0.3 is 6.18 Å². The van der Waals surface area contributed by atoms with Crippen LogP contribution in [0.25, 0.3) is 11.3 Å². The van der Waals surface area contributed by atoms with Gasteiger partial charge in [0.25, 0.3) is 0 Å². The van der Waals surface area contributed by atoms with Crippen LogP contribution in [0.1, 0.15) is 46.2 Å². The van der Waals surface area contributed by atoms with E-state index >= 15 is 0 Å². The molecule has 0 aliphatic rings. The predicted octanol–water partition coefficient (Wildman–Crippen LogP) is 5.15. The number of hydrogen-bond donors (Lipinski definition) is 2. The number of halogens is 4. The van der Waals surface area contributed by atoms with Crippen molar-refractivity contribution in [2.24, 2.45) is 5.73 Å². The zero-order chi connectivity index (χ0) is 26.8. The highest BCUT2D eigenvalue weighted by molar-refractivity contribution is 7.90. The highest BCUT2D eigenvalue weighted by Gasteiger charge is 2.33. The Hall–Kier alpha value is -2.95. The minimum absolute atomic E-state index is 0.0532. The Morgan fingerprint density at radius 3 is 2.42 bits per heavy atom. The molecule has 0 saturated carbocycles. The van der Waals surface area contributed by atoms with E-state index in [1.165, 1.54) is 18.2 Å². The lowest BCUT2D eigenvalue weighted by Gasteiger charge is -2.17. The third-order valence-electron chi connectivity index (χ3n) is 5.70. The summed E-state index contributed by atoms with van der Waals surface area (Å²) in [7, 11) is -3.57. The normalized spacial score (nSPS) is 13.8. The van der Waals surface area contributed by atoms with Crippen LogP contribution in [0.5, 0.6) is 0 Å². The molecular weight excluding hydrogens is 515 g/mol. The number of carbonyl (C=O) groups excluding carboxylic acids is 1. The Morgan fingerprint density at radius 1 is 1.14 bits per heavy atom. The Balaban J connectivity index is 1.83. The molecule has 36 heavy (non-hydrogen) atoms. The minimum atomic E-state index is -4.61. The van der Waals surface area contributed by atoms with Gasteiger partial charge in [-0.1, -0.05) is 53.6 Å². The SMILES string of the molecule is Cc1cccc(-c2nc(C(F)(F)F)ccc2CNC(=O)C(C)c2ccc(C(N)S(C)(=O)=O)c(Cl)c2)c1. The Labute approximate surface area is 212 Å². The highest BCUT2D eigenvalue weighted by Crippen LogP contribution is 2.32. The maximum absolute atomic E-state index is 13.3. The molecule has 3 N–H and O–H groups in total. The molecule has 2 atom stereocenters. The fourth-order valence-electron chi connectivity index (χ4n) is 3.59. The van der Waals surface area contributed by atoms with Crippen molar-refractivity contribution in [1.82, 2.24) is 10.3 Å². The van der Waals surface area contributed by atoms with Gasteiger partial charge in [-0.3, -0.25) is 4.79 Å². The summed E-state index contributed by atoms with van der Waals surface area (Å²) in [4.78, 5) is 16.7. The van der Waals surface area contributed by atoms with Crippen LogP contribution in [-0.2, 0) is 27.4 Å². The van der Waals surface area contributed by atoms with E-state index < -0.39 is 38.9 Å². The molecule has 0 bridgehead atoms. The van der Waals surface area contributed by atoms with Gasteiger partial charge in [-0.2, -0.15) is 13.2 Å². The summed E-state index contributed by atoms with van der Waals surface area (Å²) in [6.07, 6.45) is -3.61. The third kappa shape index (κ3) is 6.43. The number of nitrogens with two attached hydrogens (primary N) is 1. The summed E-state index contributed by atoms with van der Waals surface area (Å²) < 4.78 is 63.4. The average Bonchev–Trinajstić information content (AvgIpc) is 2.80. The molecule has 11 heteroatoms. The summed E-state index contributed by atoms with van der Waals surface area (Å²) in [5.74, 6) is -1.09. The van der Waals surface area contributed by atoms with Gasteiger partial charge in [-0.15, -0.1) is 0 Å². The number of nitrogens with zero attached hydrogens (tertiary/aromatic N) is 1. The van der Waals surface area contributed by atoms with E-state index in [1.807, 2.05) is 13.0 Å². The van der Waals surface area contributed by atoms with Gasteiger partial charge in [0.15, 0.2) is 9.84 Å². The smallest absolute Gasteiger partial charge is 0.351 e. The molecule has 0 radical (unpaired) electrons. The highest BCUT2D eigenvalue weighted by atomic mass is 35.5. The lowest BCUT2D eigenvalue weighted by Crippen LogP contribution is -2.28. The zero-order valence-electron chi connectivity index (χ0n) is 19.7. The van der Waals surface area contributed by atoms with E-state index in [9.17, 15) is 26.4 Å². The van der Waals surface area contributed by atoms with Crippen LogP contribution >= 0.6 is 11.6 Å². The van der Waals surface area contributed by atoms with Crippen molar-refractivity contribution >= 4 is 27.3 Å². The Morgan fingerprint density at radius 2 is 1.83 bits per heavy atom. The van der Waals surface area contributed by atoms with Crippen LogP contribution < -0.4 is 11.1 Å². The van der Waals surface area contributed by atoms with Crippen molar-refractivity contribution in [2.45, 2.75) is 37.9 Å². The molecule has 2 unspecified atom stereocenters. The maximum atomic E-state index is 13.3. The average molecular weight is 540 g/mol. The van der Waals surface area contributed by atoms with Gasteiger partial charge in [-0.05, 0) is 43.2 Å². The fourth-order valence-corrected chi connectivity index (χ4v) is 4.63. The first-order chi connectivity index (χ1) is 16.7. The van der Waals surface area contributed by atoms with E-state index in [2.05, 4.69) is 10.3 Å². The summed E-state index contributed by atoms with van der Waals surface area (Å²) in [6, 6.07) is 13.6. The topological polar surface area (TPSA) is 102 Å². The van der Waals surface area contributed by atoms with Crippen LogP contribution in [-0.4, -0.2) is 25.6 Å². The largest absolute Gasteiger partial charge is 0.433 e. The molecule has 0 spiro atoms. The summed E-state index contributed by atoms with van der Waals surface area (Å²) >= 11 is 6.23. The number of aryl methyl sites for hydroxylation is 1. The van der Waals surface area contributed by atoms with E-state index in [0.717, 1.165) is 17.9 Å². The van der Waals surface area contributed by atoms with Crippen molar-refractivity contribution in [3.63, 3.8) is 0 Å². The number of nitrogens with one attached hydrogen (secondary N) is 1. The quantitative estimate of drug-likeness (QED) is 0.432. The number of alkyl halides is 3. The molecule has 1 heterocycles. The predicted molar refractivity (Wildman–Crippen MR) is 133 cm³/mol. The molecule has 1 aromatic heterocycles. The summed E-state index contributed by atoms with van der Waals surface area (Å²) in [6.45, 7) is 3.39. The van der Waals surface area contributed by atoms with Crippen molar-refractivity contribution in [3.8, 4) is 11.3 Å². The van der Waals surface area contributed by atoms with Crippen molar-refractivity contribution < 1.29 is 26.4 Å². The molecule has 3 aromatic rings. The second-order valence-electron chi connectivity index (χ2n) is 8.54. The summed E-state index contributed by atoms with van der Waals surface area (Å²) in [5.41, 5.74) is 7.37. The van der Waals surface area contributed by atoms with Crippen LogP contribution in [0.15, 0.2) is 54.6 Å². The number of benzene rings is 2. The first-order valence-corrected chi connectivity index (χ1v) is 13.2. The van der Waals surface area contributed by atoms with Crippen LogP contribution in [0.2, 0.25) is 5.02 Å². The van der Waals surface area contributed by atoms with E-state index in [4.69, 9.17) is 17.3 Å². The molecule has 1 amide bonds. The number of aromatic nitrogens is 1. The molecule has 0 aliphatic carbocycles. The van der Waals surface area contributed by atoms with Crippen molar-refractivity contribution in [2.75, 3.05) is 6.26 Å². The fraction of sp³-hybridized carbons (Fsp3) is 0.280. The third-order valence-corrected chi connectivity index (χ3v) is 7.20. The number of rotatable bonds is 7. The standard InChI is InChI=1S/C25H25ClF3N3O3S/c1-14-5-4-6-17(11-14)22-18(8-10-21(32-22)25(27,28)29)13-31-24(33)15(2)16-7-9-19(20(26)12-16)23(30)36(3,34)35/h4-12,15,23H,13,30H2,1-3H3,(H,31,33). The molecule has 0 fully saturated rings. The molecule has 2 aromatic carbocycles. The minimum Gasteiger partial charge on any atom is -0.351 e. The van der Waals surface area contributed by atoms with E-state index in [0.29, 0.717) is 16.7 Å². The molecule has 0 aliphatic heterocycles. The molecule has 0 saturated heterocycles. The Kier molecular flexibility index (Phi) is 8.12. The van der Waals surface area contributed by atoms with Crippen molar-refractivity contribution in [3.05, 3.63) is 87.6 Å². The van der Waals surface area contributed by atoms with Gasteiger partial charge < -0.3 is 11.1 Å². The molecular formula is C25H25ClF3N3O3S. The second kappa shape index (κ2) is 10.6. The van der Waals surface area contributed by atoms with Crippen LogP contribution in [0.3, 0.4) is 0 Å². The van der Waals surface area contributed by atoms with Crippen LogP contribution in [0, 0.1) is 6.92 Å². The number of pyridine rings is 1. The molecule has 3 rings (SSSR count). The van der Waals surface area contributed by atoms with Gasteiger partial charge in [0.1, 0.15) is 11.1 Å². The number of sulfone groups is 1. The van der Waals surface area contributed by atoms with E-state index in [-0.39, 0.29) is 22.8 Å². The number of amides is 1. The first kappa shape index (κ1) is 27.6. The molecule has 6 nitrogen and oxygen atoms in total. The summed E-state index contributed by atoms with van der Waals surface area (Å²) in [5, 5.41) is 1.55. The lowest BCUT2D eigenvalue weighted by atomic mass is 9.98. The van der Waals surface area contributed by atoms with Crippen molar-refractivity contribution in [1.29, 1.82) is 0 Å². The van der Waals surface area contributed by atoms with Crippen LogP contribution in [0.4, 0.5) is 13.2 Å². The lowest BCUT2D eigenvalue weighted by molar-refractivity contribution is -0.141. The van der Waals surface area contributed by atoms with E-state index in [1.54, 1.807) is 31.2 Å². The number of hydrogen-bond acceptors (Lipinski definition) is 5. The first-order valence-electron chi connectivity index (χ1n) is 10.8. The molecule has 192 valence electrons.